The van der Waals surface area contributed by atoms with Crippen LogP contribution in [0.15, 0.2) is 24.3 Å². The second kappa shape index (κ2) is 6.27. The largest absolute Gasteiger partial charge is 0.497 e. The maximum atomic E-state index is 6.05. The predicted molar refractivity (Wildman–Crippen MR) is 86.6 cm³/mol. The number of nitrogens with two attached hydrogens (primary N) is 1. The number of aromatic amines is 1. The van der Waals surface area contributed by atoms with Gasteiger partial charge < -0.3 is 20.1 Å². The van der Waals surface area contributed by atoms with E-state index in [-0.39, 0.29) is 6.04 Å². The van der Waals surface area contributed by atoms with Gasteiger partial charge in [-0.1, -0.05) is 0 Å². The van der Waals surface area contributed by atoms with Gasteiger partial charge in [-0.15, -0.1) is 0 Å². The zero-order chi connectivity index (χ0) is 15.5. The highest BCUT2D eigenvalue weighted by Crippen LogP contribution is 2.34. The Morgan fingerprint density at radius 1 is 1.27 bits per heavy atom. The van der Waals surface area contributed by atoms with Crippen molar-refractivity contribution < 1.29 is 9.47 Å². The third-order valence-electron chi connectivity index (χ3n) is 4.04. The zero-order valence-corrected chi connectivity index (χ0v) is 13.0. The Hall–Kier alpha value is -2.21. The summed E-state index contributed by atoms with van der Waals surface area (Å²) in [5.74, 6) is 2.49. The van der Waals surface area contributed by atoms with Crippen molar-refractivity contribution in [3.8, 4) is 22.8 Å². The molecule has 1 aliphatic rings. The van der Waals surface area contributed by atoms with Gasteiger partial charge >= 0.3 is 0 Å². The Labute approximate surface area is 130 Å². The van der Waals surface area contributed by atoms with E-state index in [4.69, 9.17) is 15.2 Å². The lowest BCUT2D eigenvalue weighted by Crippen LogP contribution is -2.43. The van der Waals surface area contributed by atoms with E-state index in [1.807, 2.05) is 24.3 Å². The molecule has 1 atom stereocenters. The minimum atomic E-state index is 0.222. The van der Waals surface area contributed by atoms with Crippen LogP contribution in [0.4, 0.5) is 5.82 Å². The number of anilines is 1. The van der Waals surface area contributed by atoms with Gasteiger partial charge in [-0.05, 0) is 31.0 Å². The molecule has 1 fully saturated rings. The van der Waals surface area contributed by atoms with Gasteiger partial charge in [0.05, 0.1) is 19.9 Å². The zero-order valence-electron chi connectivity index (χ0n) is 13.0. The van der Waals surface area contributed by atoms with E-state index in [0.29, 0.717) is 0 Å². The number of methoxy groups -OCH3 is 2. The molecule has 2 heterocycles. The van der Waals surface area contributed by atoms with Crippen molar-refractivity contribution >= 4 is 5.82 Å². The number of hydrogen-bond acceptors (Lipinski definition) is 5. The first-order valence-electron chi connectivity index (χ1n) is 7.49. The second-order valence-corrected chi connectivity index (χ2v) is 5.55. The molecular weight excluding hydrogens is 280 g/mol. The molecule has 6 heteroatoms. The lowest BCUT2D eigenvalue weighted by Gasteiger charge is -2.30. The highest BCUT2D eigenvalue weighted by molar-refractivity contribution is 5.71. The Bertz CT molecular complexity index is 641. The predicted octanol–water partition coefficient (Wildman–Crippen LogP) is 2.02. The third-order valence-corrected chi connectivity index (χ3v) is 4.04. The van der Waals surface area contributed by atoms with Gasteiger partial charge in [0.25, 0.3) is 0 Å². The smallest absolute Gasteiger partial charge is 0.151 e. The number of rotatable bonds is 4. The first-order chi connectivity index (χ1) is 10.7. The lowest BCUT2D eigenvalue weighted by molar-refractivity contribution is 0.404. The first-order valence-corrected chi connectivity index (χ1v) is 7.49. The van der Waals surface area contributed by atoms with Gasteiger partial charge in [0.2, 0.25) is 0 Å². The molecule has 22 heavy (non-hydrogen) atoms. The topological polar surface area (TPSA) is 76.4 Å². The Balaban J connectivity index is 1.90. The van der Waals surface area contributed by atoms with E-state index in [1.165, 1.54) is 0 Å². The van der Waals surface area contributed by atoms with E-state index in [1.54, 1.807) is 14.2 Å². The number of aromatic nitrogens is 2. The number of ether oxygens (including phenoxy) is 2. The van der Waals surface area contributed by atoms with Crippen LogP contribution in [0.5, 0.6) is 11.5 Å². The van der Waals surface area contributed by atoms with Crippen molar-refractivity contribution in [3.05, 3.63) is 24.3 Å². The average molecular weight is 302 g/mol. The van der Waals surface area contributed by atoms with Gasteiger partial charge in [0.15, 0.2) is 5.82 Å². The fraction of sp³-hybridized carbons (Fsp3) is 0.438. The molecule has 3 N–H and O–H groups in total. The molecule has 1 aromatic carbocycles. The van der Waals surface area contributed by atoms with Gasteiger partial charge in [0.1, 0.15) is 11.5 Å². The number of nitrogens with one attached hydrogen (secondary N) is 1. The number of nitrogens with zero attached hydrogens (tertiary/aromatic N) is 2. The van der Waals surface area contributed by atoms with Crippen LogP contribution in [-0.4, -0.2) is 43.5 Å². The Kier molecular flexibility index (Phi) is 4.20. The van der Waals surface area contributed by atoms with Crippen molar-refractivity contribution in [2.45, 2.75) is 18.9 Å². The highest BCUT2D eigenvalue weighted by atomic mass is 16.5. The summed E-state index contributed by atoms with van der Waals surface area (Å²) < 4.78 is 10.7. The summed E-state index contributed by atoms with van der Waals surface area (Å²) in [5, 5.41) is 7.52. The van der Waals surface area contributed by atoms with E-state index < -0.39 is 0 Å². The summed E-state index contributed by atoms with van der Waals surface area (Å²) in [5.41, 5.74) is 7.89. The third kappa shape index (κ3) is 2.87. The van der Waals surface area contributed by atoms with Crippen LogP contribution in [0.2, 0.25) is 0 Å². The Morgan fingerprint density at radius 3 is 2.86 bits per heavy atom. The normalized spacial score (nSPS) is 18.3. The molecule has 0 radical (unpaired) electrons. The number of hydrogen-bond donors (Lipinski definition) is 2. The van der Waals surface area contributed by atoms with Gasteiger partial charge in [-0.3, -0.25) is 5.10 Å². The Morgan fingerprint density at radius 2 is 2.14 bits per heavy atom. The highest BCUT2D eigenvalue weighted by Gasteiger charge is 2.20. The molecule has 1 unspecified atom stereocenters. The van der Waals surface area contributed by atoms with E-state index in [2.05, 4.69) is 15.1 Å². The van der Waals surface area contributed by atoms with Gasteiger partial charge in [0, 0.05) is 30.8 Å². The van der Waals surface area contributed by atoms with E-state index in [0.717, 1.165) is 54.5 Å². The van der Waals surface area contributed by atoms with Crippen molar-refractivity contribution in [2.75, 3.05) is 32.2 Å². The summed E-state index contributed by atoms with van der Waals surface area (Å²) in [7, 11) is 3.31. The van der Waals surface area contributed by atoms with Gasteiger partial charge in [-0.25, -0.2) is 0 Å². The molecule has 0 bridgehead atoms. The monoisotopic (exact) mass is 302 g/mol. The molecule has 0 saturated carbocycles. The molecule has 0 spiro atoms. The van der Waals surface area contributed by atoms with Crippen LogP contribution < -0.4 is 20.1 Å². The molecule has 6 nitrogen and oxygen atoms in total. The average Bonchev–Trinajstić information content (AvgIpc) is 3.04. The lowest BCUT2D eigenvalue weighted by atomic mass is 10.1. The summed E-state index contributed by atoms with van der Waals surface area (Å²) in [4.78, 5) is 2.22. The number of piperidine rings is 1. The molecule has 1 saturated heterocycles. The van der Waals surface area contributed by atoms with Crippen molar-refractivity contribution in [1.29, 1.82) is 0 Å². The maximum absolute atomic E-state index is 6.05. The van der Waals surface area contributed by atoms with E-state index in [9.17, 15) is 0 Å². The molecule has 1 aliphatic heterocycles. The molecular formula is C16H22N4O2. The fourth-order valence-electron chi connectivity index (χ4n) is 2.85. The van der Waals surface area contributed by atoms with E-state index >= 15 is 0 Å². The molecule has 0 aliphatic carbocycles. The standard InChI is InChI=1S/C16H22N4O2/c1-21-12-5-6-15(22-2)13(8-12)14-9-16(19-18-14)20-7-3-4-11(17)10-20/h5-6,8-9,11H,3-4,7,10,17H2,1-2H3,(H,18,19). The fourth-order valence-corrected chi connectivity index (χ4v) is 2.85. The summed E-state index contributed by atoms with van der Waals surface area (Å²) >= 11 is 0. The van der Waals surface area contributed by atoms with Crippen molar-refractivity contribution in [2.24, 2.45) is 5.73 Å². The first kappa shape index (κ1) is 14.7. The second-order valence-electron chi connectivity index (χ2n) is 5.55. The summed E-state index contributed by atoms with van der Waals surface area (Å²) in [6, 6.07) is 7.97. The van der Waals surface area contributed by atoms with Crippen LogP contribution in [-0.2, 0) is 0 Å². The molecule has 2 aromatic rings. The number of benzene rings is 1. The van der Waals surface area contributed by atoms with Crippen molar-refractivity contribution in [1.82, 2.24) is 10.2 Å². The number of H-pyrrole nitrogens is 1. The maximum Gasteiger partial charge on any atom is 0.151 e. The molecule has 118 valence electrons. The summed E-state index contributed by atoms with van der Waals surface area (Å²) in [6.07, 6.45) is 2.18. The quantitative estimate of drug-likeness (QED) is 0.903. The van der Waals surface area contributed by atoms with Crippen LogP contribution in [0.3, 0.4) is 0 Å². The molecule has 0 amide bonds. The minimum absolute atomic E-state index is 0.222. The SMILES string of the molecule is COc1ccc(OC)c(-c2cc(N3CCCC(N)C3)n[nH]2)c1. The molecule has 3 rings (SSSR count). The van der Waals surface area contributed by atoms with Crippen LogP contribution >= 0.6 is 0 Å². The molecule has 1 aromatic heterocycles. The summed E-state index contributed by atoms with van der Waals surface area (Å²) in [6.45, 7) is 1.84. The van der Waals surface area contributed by atoms with Gasteiger partial charge in [-0.2, -0.15) is 5.10 Å². The van der Waals surface area contributed by atoms with Crippen LogP contribution in [0.25, 0.3) is 11.3 Å². The van der Waals surface area contributed by atoms with Crippen LogP contribution in [0.1, 0.15) is 12.8 Å². The minimum Gasteiger partial charge on any atom is -0.497 e. The van der Waals surface area contributed by atoms with Crippen LogP contribution in [0, 0.1) is 0 Å². The van der Waals surface area contributed by atoms with Crippen molar-refractivity contribution in [3.63, 3.8) is 0 Å².